The zero-order chi connectivity index (χ0) is 15.1. The van der Waals surface area contributed by atoms with E-state index in [1.54, 1.807) is 24.9 Å². The van der Waals surface area contributed by atoms with Gasteiger partial charge in [0.05, 0.1) is 7.11 Å². The van der Waals surface area contributed by atoms with Crippen LogP contribution in [0.2, 0.25) is 0 Å². The number of amides is 1. The van der Waals surface area contributed by atoms with Gasteiger partial charge in [-0.1, -0.05) is 12.1 Å². The minimum absolute atomic E-state index is 0.150. The molecule has 0 fully saturated rings. The first kappa shape index (κ1) is 15.2. The van der Waals surface area contributed by atoms with E-state index < -0.39 is 0 Å². The Morgan fingerprint density at radius 1 is 1.10 bits per heavy atom. The largest absolute Gasteiger partial charge is 0.497 e. The third-order valence-electron chi connectivity index (χ3n) is 2.90. The highest BCUT2D eigenvalue weighted by Gasteiger charge is 1.98. The minimum atomic E-state index is -0.150. The lowest BCUT2D eigenvalue weighted by atomic mass is 10.2. The quantitative estimate of drug-likeness (QED) is 0.668. The predicted octanol–water partition coefficient (Wildman–Crippen LogP) is 4.07. The van der Waals surface area contributed by atoms with Gasteiger partial charge in [0, 0.05) is 16.7 Å². The number of carbonyl (C=O) groups is 1. The molecule has 2 rings (SSSR count). The lowest BCUT2D eigenvalue weighted by molar-refractivity contribution is -0.111. The standard InChI is InChI=1S/C17H17NO2S/c1-20-15-8-3-13(4-9-15)5-12-17(19)18-14-6-10-16(21-2)11-7-14/h3-12H,1-2H3,(H,18,19)/b12-5+. The fourth-order valence-corrected chi connectivity index (χ4v) is 2.15. The Morgan fingerprint density at radius 2 is 1.76 bits per heavy atom. The van der Waals surface area contributed by atoms with Crippen molar-refractivity contribution in [3.63, 3.8) is 0 Å². The zero-order valence-corrected chi connectivity index (χ0v) is 12.8. The van der Waals surface area contributed by atoms with Gasteiger partial charge in [0.15, 0.2) is 0 Å². The summed E-state index contributed by atoms with van der Waals surface area (Å²) in [4.78, 5) is 13.0. The summed E-state index contributed by atoms with van der Waals surface area (Å²) in [5, 5.41) is 2.83. The molecule has 2 aromatic carbocycles. The van der Waals surface area contributed by atoms with Gasteiger partial charge in [-0.3, -0.25) is 4.79 Å². The van der Waals surface area contributed by atoms with Crippen molar-refractivity contribution >= 4 is 29.4 Å². The van der Waals surface area contributed by atoms with Crippen LogP contribution >= 0.6 is 11.8 Å². The van der Waals surface area contributed by atoms with Gasteiger partial charge in [-0.2, -0.15) is 0 Å². The molecule has 0 heterocycles. The number of hydrogen-bond acceptors (Lipinski definition) is 3. The highest BCUT2D eigenvalue weighted by atomic mass is 32.2. The van der Waals surface area contributed by atoms with E-state index in [1.165, 1.54) is 11.0 Å². The van der Waals surface area contributed by atoms with Crippen molar-refractivity contribution in [3.05, 3.63) is 60.2 Å². The Morgan fingerprint density at radius 3 is 2.33 bits per heavy atom. The maximum atomic E-state index is 11.8. The van der Waals surface area contributed by atoms with E-state index in [1.807, 2.05) is 54.8 Å². The van der Waals surface area contributed by atoms with E-state index in [0.717, 1.165) is 17.0 Å². The van der Waals surface area contributed by atoms with Crippen LogP contribution in [-0.2, 0) is 4.79 Å². The smallest absolute Gasteiger partial charge is 0.248 e. The van der Waals surface area contributed by atoms with Gasteiger partial charge in [0.25, 0.3) is 0 Å². The summed E-state index contributed by atoms with van der Waals surface area (Å²) < 4.78 is 5.09. The van der Waals surface area contributed by atoms with Crippen molar-refractivity contribution in [2.24, 2.45) is 0 Å². The Kier molecular flexibility index (Phi) is 5.46. The molecule has 0 atom stereocenters. The van der Waals surface area contributed by atoms with Crippen LogP contribution in [0.1, 0.15) is 5.56 Å². The highest BCUT2D eigenvalue weighted by Crippen LogP contribution is 2.17. The number of benzene rings is 2. The number of rotatable bonds is 5. The Bertz CT molecular complexity index is 618. The molecule has 1 amide bonds. The molecule has 0 aliphatic rings. The Hall–Kier alpha value is -2.20. The second-order valence-corrected chi connectivity index (χ2v) is 5.20. The fraction of sp³-hybridized carbons (Fsp3) is 0.118. The maximum Gasteiger partial charge on any atom is 0.248 e. The van der Waals surface area contributed by atoms with Crippen molar-refractivity contribution < 1.29 is 9.53 Å². The monoisotopic (exact) mass is 299 g/mol. The average molecular weight is 299 g/mol. The number of thioether (sulfide) groups is 1. The average Bonchev–Trinajstić information content (AvgIpc) is 2.54. The molecule has 3 nitrogen and oxygen atoms in total. The molecule has 0 saturated carbocycles. The molecular formula is C17H17NO2S. The topological polar surface area (TPSA) is 38.3 Å². The van der Waals surface area contributed by atoms with Gasteiger partial charge >= 0.3 is 0 Å². The number of anilines is 1. The molecule has 4 heteroatoms. The molecule has 2 aromatic rings. The van der Waals surface area contributed by atoms with Crippen molar-refractivity contribution in [1.29, 1.82) is 0 Å². The lowest BCUT2D eigenvalue weighted by Crippen LogP contribution is -2.07. The SMILES string of the molecule is COc1ccc(/C=C/C(=O)Nc2ccc(SC)cc2)cc1. The molecule has 1 N–H and O–H groups in total. The van der Waals surface area contributed by atoms with Crippen LogP contribution in [0, 0.1) is 0 Å². The van der Waals surface area contributed by atoms with Gasteiger partial charge in [-0.05, 0) is 54.3 Å². The summed E-state index contributed by atoms with van der Waals surface area (Å²) >= 11 is 1.67. The molecule has 0 unspecified atom stereocenters. The van der Waals surface area contributed by atoms with E-state index in [0.29, 0.717) is 0 Å². The second kappa shape index (κ2) is 7.55. The predicted molar refractivity (Wildman–Crippen MR) is 88.9 cm³/mol. The molecular weight excluding hydrogens is 282 g/mol. The molecule has 0 aromatic heterocycles. The summed E-state index contributed by atoms with van der Waals surface area (Å²) in [6.07, 6.45) is 5.31. The molecule has 0 aliphatic heterocycles. The fourth-order valence-electron chi connectivity index (χ4n) is 1.75. The number of carbonyl (C=O) groups excluding carboxylic acids is 1. The first-order chi connectivity index (χ1) is 10.2. The third-order valence-corrected chi connectivity index (χ3v) is 3.64. The van der Waals surface area contributed by atoms with Crippen LogP contribution in [-0.4, -0.2) is 19.3 Å². The first-order valence-electron chi connectivity index (χ1n) is 6.48. The first-order valence-corrected chi connectivity index (χ1v) is 7.71. The van der Waals surface area contributed by atoms with E-state index in [2.05, 4.69) is 5.32 Å². The van der Waals surface area contributed by atoms with E-state index in [4.69, 9.17) is 4.74 Å². The van der Waals surface area contributed by atoms with Crippen molar-refractivity contribution in [3.8, 4) is 5.75 Å². The number of nitrogens with one attached hydrogen (secondary N) is 1. The summed E-state index contributed by atoms with van der Waals surface area (Å²) in [7, 11) is 1.63. The van der Waals surface area contributed by atoms with Crippen LogP contribution in [0.3, 0.4) is 0 Å². The molecule has 0 bridgehead atoms. The van der Waals surface area contributed by atoms with Gasteiger partial charge in [-0.25, -0.2) is 0 Å². The van der Waals surface area contributed by atoms with Crippen molar-refractivity contribution in [1.82, 2.24) is 0 Å². The lowest BCUT2D eigenvalue weighted by Gasteiger charge is -2.03. The van der Waals surface area contributed by atoms with Crippen LogP contribution in [0.25, 0.3) is 6.08 Å². The van der Waals surface area contributed by atoms with E-state index >= 15 is 0 Å². The molecule has 21 heavy (non-hydrogen) atoms. The van der Waals surface area contributed by atoms with Gasteiger partial charge in [0.1, 0.15) is 5.75 Å². The zero-order valence-electron chi connectivity index (χ0n) is 12.0. The van der Waals surface area contributed by atoms with Crippen molar-refractivity contribution in [2.75, 3.05) is 18.7 Å². The number of ether oxygens (including phenoxy) is 1. The normalized spacial score (nSPS) is 10.6. The Balaban J connectivity index is 1.94. The second-order valence-electron chi connectivity index (χ2n) is 4.32. The third kappa shape index (κ3) is 4.68. The van der Waals surface area contributed by atoms with Crippen LogP contribution in [0.15, 0.2) is 59.5 Å². The summed E-state index contributed by atoms with van der Waals surface area (Å²) in [6.45, 7) is 0. The summed E-state index contributed by atoms with van der Waals surface area (Å²) in [5.74, 6) is 0.646. The highest BCUT2D eigenvalue weighted by molar-refractivity contribution is 7.98. The van der Waals surface area contributed by atoms with Gasteiger partial charge in [-0.15, -0.1) is 11.8 Å². The minimum Gasteiger partial charge on any atom is -0.497 e. The number of methoxy groups -OCH3 is 1. The van der Waals surface area contributed by atoms with Crippen LogP contribution in [0.5, 0.6) is 5.75 Å². The molecule has 0 saturated heterocycles. The van der Waals surface area contributed by atoms with E-state index in [9.17, 15) is 4.79 Å². The molecule has 0 aliphatic carbocycles. The molecule has 0 spiro atoms. The van der Waals surface area contributed by atoms with Crippen molar-refractivity contribution in [2.45, 2.75) is 4.90 Å². The van der Waals surface area contributed by atoms with Crippen LogP contribution < -0.4 is 10.1 Å². The van der Waals surface area contributed by atoms with Crippen LogP contribution in [0.4, 0.5) is 5.69 Å². The van der Waals surface area contributed by atoms with Gasteiger partial charge in [0.2, 0.25) is 5.91 Å². The summed E-state index contributed by atoms with van der Waals surface area (Å²) in [6, 6.07) is 15.3. The van der Waals surface area contributed by atoms with E-state index in [-0.39, 0.29) is 5.91 Å². The maximum absolute atomic E-state index is 11.8. The van der Waals surface area contributed by atoms with Gasteiger partial charge < -0.3 is 10.1 Å². The Labute approximate surface area is 129 Å². The molecule has 108 valence electrons. The summed E-state index contributed by atoms with van der Waals surface area (Å²) in [5.41, 5.74) is 1.74. The number of hydrogen-bond donors (Lipinski definition) is 1. The molecule has 0 radical (unpaired) electrons.